The van der Waals surface area contributed by atoms with Crippen LogP contribution in [0.3, 0.4) is 0 Å². The smallest absolute Gasteiger partial charge is 0.186 e. The highest BCUT2D eigenvalue weighted by molar-refractivity contribution is 6.30. The van der Waals surface area contributed by atoms with E-state index in [-0.39, 0.29) is 5.43 Å². The van der Waals surface area contributed by atoms with Gasteiger partial charge in [-0.3, -0.25) is 4.79 Å². The SMILES string of the molecule is CNCc1cn(-c2cccc(Cl)c2)c(C)cc1=O. The predicted octanol–water partition coefficient (Wildman–Crippen LogP) is 2.52. The fraction of sp³-hybridized carbons (Fsp3) is 0.214. The average Bonchev–Trinajstić information content (AvgIpc) is 2.33. The zero-order chi connectivity index (χ0) is 13.1. The summed E-state index contributed by atoms with van der Waals surface area (Å²) in [5.41, 5.74) is 2.64. The molecule has 0 bridgehead atoms. The number of halogens is 1. The molecular formula is C14H15ClN2O. The van der Waals surface area contributed by atoms with Crippen LogP contribution >= 0.6 is 11.6 Å². The maximum Gasteiger partial charge on any atom is 0.186 e. The minimum absolute atomic E-state index is 0.0557. The van der Waals surface area contributed by atoms with Gasteiger partial charge in [0.05, 0.1) is 0 Å². The van der Waals surface area contributed by atoms with Crippen LogP contribution in [-0.4, -0.2) is 11.6 Å². The molecule has 0 amide bonds. The van der Waals surface area contributed by atoms with Gasteiger partial charge in [-0.05, 0) is 32.2 Å². The molecule has 0 aliphatic heterocycles. The van der Waals surface area contributed by atoms with Crippen LogP contribution in [0, 0.1) is 6.92 Å². The third-order valence-electron chi connectivity index (χ3n) is 2.77. The number of nitrogens with zero attached hydrogens (tertiary/aromatic N) is 1. The van der Waals surface area contributed by atoms with Crippen molar-refractivity contribution in [2.24, 2.45) is 0 Å². The lowest BCUT2D eigenvalue weighted by molar-refractivity contribution is 0.794. The van der Waals surface area contributed by atoms with Gasteiger partial charge in [-0.2, -0.15) is 0 Å². The number of nitrogens with one attached hydrogen (secondary N) is 1. The van der Waals surface area contributed by atoms with E-state index in [4.69, 9.17) is 11.6 Å². The maximum absolute atomic E-state index is 11.8. The molecule has 0 radical (unpaired) electrons. The third-order valence-corrected chi connectivity index (χ3v) is 3.01. The molecule has 0 saturated carbocycles. The number of rotatable bonds is 3. The summed E-state index contributed by atoms with van der Waals surface area (Å²) in [6.45, 7) is 2.46. The van der Waals surface area contributed by atoms with E-state index in [0.717, 1.165) is 16.9 Å². The normalized spacial score (nSPS) is 10.6. The Balaban J connectivity index is 2.57. The molecular weight excluding hydrogens is 248 g/mol. The van der Waals surface area contributed by atoms with Gasteiger partial charge in [-0.15, -0.1) is 0 Å². The number of pyridine rings is 1. The van der Waals surface area contributed by atoms with E-state index >= 15 is 0 Å². The van der Waals surface area contributed by atoms with Gasteiger partial charge in [0.1, 0.15) is 0 Å². The quantitative estimate of drug-likeness (QED) is 0.922. The Morgan fingerprint density at radius 1 is 1.33 bits per heavy atom. The van der Waals surface area contributed by atoms with E-state index in [0.29, 0.717) is 11.6 Å². The van der Waals surface area contributed by atoms with Gasteiger partial charge < -0.3 is 9.88 Å². The Morgan fingerprint density at radius 2 is 2.11 bits per heavy atom. The van der Waals surface area contributed by atoms with Crippen LogP contribution in [0.25, 0.3) is 5.69 Å². The summed E-state index contributed by atoms with van der Waals surface area (Å²) in [7, 11) is 1.82. The number of hydrogen-bond acceptors (Lipinski definition) is 2. The van der Waals surface area contributed by atoms with Crippen molar-refractivity contribution in [1.29, 1.82) is 0 Å². The lowest BCUT2D eigenvalue weighted by Crippen LogP contribution is -2.19. The molecule has 1 aromatic heterocycles. The summed E-state index contributed by atoms with van der Waals surface area (Å²) in [5.74, 6) is 0. The van der Waals surface area contributed by atoms with Crippen LogP contribution in [0.1, 0.15) is 11.3 Å². The molecule has 1 N–H and O–H groups in total. The molecule has 0 spiro atoms. The Morgan fingerprint density at radius 3 is 2.78 bits per heavy atom. The van der Waals surface area contributed by atoms with Crippen LogP contribution in [0.5, 0.6) is 0 Å². The minimum atomic E-state index is 0.0557. The van der Waals surface area contributed by atoms with Gasteiger partial charge in [0, 0.05) is 40.8 Å². The summed E-state index contributed by atoms with van der Waals surface area (Å²) in [6.07, 6.45) is 1.86. The first-order valence-electron chi connectivity index (χ1n) is 5.74. The number of hydrogen-bond donors (Lipinski definition) is 1. The summed E-state index contributed by atoms with van der Waals surface area (Å²) in [6, 6.07) is 9.21. The first kappa shape index (κ1) is 12.9. The highest BCUT2D eigenvalue weighted by Gasteiger charge is 2.05. The highest BCUT2D eigenvalue weighted by atomic mass is 35.5. The lowest BCUT2D eigenvalue weighted by Gasteiger charge is -2.13. The van der Waals surface area contributed by atoms with Crippen molar-refractivity contribution in [2.75, 3.05) is 7.05 Å². The Hall–Kier alpha value is -1.58. The van der Waals surface area contributed by atoms with Crippen molar-refractivity contribution < 1.29 is 0 Å². The molecule has 2 rings (SSSR count). The van der Waals surface area contributed by atoms with Gasteiger partial charge in [0.2, 0.25) is 0 Å². The fourth-order valence-electron chi connectivity index (χ4n) is 1.90. The zero-order valence-electron chi connectivity index (χ0n) is 10.4. The second kappa shape index (κ2) is 5.38. The van der Waals surface area contributed by atoms with E-state index < -0.39 is 0 Å². The molecule has 1 heterocycles. The molecule has 2 aromatic rings. The fourth-order valence-corrected chi connectivity index (χ4v) is 2.09. The van der Waals surface area contributed by atoms with Crippen LogP contribution in [0.15, 0.2) is 41.3 Å². The van der Waals surface area contributed by atoms with E-state index in [1.54, 1.807) is 6.07 Å². The minimum Gasteiger partial charge on any atom is -0.321 e. The summed E-state index contributed by atoms with van der Waals surface area (Å²) in [4.78, 5) is 11.8. The molecule has 0 unspecified atom stereocenters. The Bertz CT molecular complexity index is 619. The second-order valence-electron chi connectivity index (χ2n) is 4.18. The number of aryl methyl sites for hydroxylation is 1. The topological polar surface area (TPSA) is 34.0 Å². The molecule has 4 heteroatoms. The van der Waals surface area contributed by atoms with Crippen molar-refractivity contribution in [1.82, 2.24) is 9.88 Å². The van der Waals surface area contributed by atoms with Crippen LogP contribution in [0.2, 0.25) is 5.02 Å². The number of aromatic nitrogens is 1. The molecule has 0 saturated heterocycles. The molecule has 0 aliphatic carbocycles. The number of benzene rings is 1. The van der Waals surface area contributed by atoms with Gasteiger partial charge in [-0.25, -0.2) is 0 Å². The average molecular weight is 263 g/mol. The van der Waals surface area contributed by atoms with Crippen molar-refractivity contribution in [3.63, 3.8) is 0 Å². The monoisotopic (exact) mass is 262 g/mol. The van der Waals surface area contributed by atoms with Gasteiger partial charge in [0.15, 0.2) is 5.43 Å². The van der Waals surface area contributed by atoms with E-state index in [1.165, 1.54) is 0 Å². The first-order valence-corrected chi connectivity index (χ1v) is 6.12. The largest absolute Gasteiger partial charge is 0.321 e. The van der Waals surface area contributed by atoms with Crippen molar-refractivity contribution in [3.05, 3.63) is 63.0 Å². The molecule has 94 valence electrons. The predicted molar refractivity (Wildman–Crippen MR) is 74.5 cm³/mol. The van der Waals surface area contributed by atoms with E-state index in [1.807, 2.05) is 49.0 Å². The molecule has 0 atom stereocenters. The van der Waals surface area contributed by atoms with Crippen molar-refractivity contribution in [2.45, 2.75) is 13.5 Å². The van der Waals surface area contributed by atoms with Crippen molar-refractivity contribution >= 4 is 11.6 Å². The molecule has 0 aliphatic rings. The van der Waals surface area contributed by atoms with E-state index in [2.05, 4.69) is 5.32 Å². The summed E-state index contributed by atoms with van der Waals surface area (Å²) in [5, 5.41) is 3.68. The molecule has 3 nitrogen and oxygen atoms in total. The van der Waals surface area contributed by atoms with Gasteiger partial charge in [-0.1, -0.05) is 17.7 Å². The Labute approximate surface area is 111 Å². The van der Waals surface area contributed by atoms with Gasteiger partial charge >= 0.3 is 0 Å². The second-order valence-corrected chi connectivity index (χ2v) is 4.62. The molecule has 0 fully saturated rings. The van der Waals surface area contributed by atoms with Crippen LogP contribution in [0.4, 0.5) is 0 Å². The van der Waals surface area contributed by atoms with Gasteiger partial charge in [0.25, 0.3) is 0 Å². The van der Waals surface area contributed by atoms with E-state index in [9.17, 15) is 4.79 Å². The zero-order valence-corrected chi connectivity index (χ0v) is 11.2. The summed E-state index contributed by atoms with van der Waals surface area (Å²) >= 11 is 5.99. The Kier molecular flexibility index (Phi) is 3.84. The van der Waals surface area contributed by atoms with Crippen molar-refractivity contribution in [3.8, 4) is 5.69 Å². The van der Waals surface area contributed by atoms with Crippen LogP contribution in [-0.2, 0) is 6.54 Å². The highest BCUT2D eigenvalue weighted by Crippen LogP contribution is 2.16. The maximum atomic E-state index is 11.8. The lowest BCUT2D eigenvalue weighted by atomic mass is 10.2. The molecule has 18 heavy (non-hydrogen) atoms. The van der Waals surface area contributed by atoms with Crippen LogP contribution < -0.4 is 10.7 Å². The standard InChI is InChI=1S/C14H15ClN2O/c1-10-6-14(18)11(8-16-2)9-17(10)13-5-3-4-12(15)7-13/h3-7,9,16H,8H2,1-2H3. The summed E-state index contributed by atoms with van der Waals surface area (Å²) < 4.78 is 1.97. The first-order chi connectivity index (χ1) is 8.61. The molecule has 1 aromatic carbocycles. The third kappa shape index (κ3) is 2.63.